The number of rotatable bonds is 0. The van der Waals surface area contributed by atoms with E-state index in [1.54, 1.807) is 0 Å². The molecule has 2 atom stereocenters. The van der Waals surface area contributed by atoms with Gasteiger partial charge in [0.1, 0.15) is 0 Å². The minimum absolute atomic E-state index is 0.301. The second-order valence-corrected chi connectivity index (χ2v) is 2.73. The molecule has 0 radical (unpaired) electrons. The fourth-order valence-corrected chi connectivity index (χ4v) is 1.14. The molecule has 1 fully saturated rings. The summed E-state index contributed by atoms with van der Waals surface area (Å²) in [5.74, 6) is 0. The molecule has 3 heteroatoms. The van der Waals surface area contributed by atoms with Crippen LogP contribution >= 0.6 is 0 Å². The normalized spacial score (nSPS) is 41.9. The van der Waals surface area contributed by atoms with Crippen LogP contribution in [0.2, 0.25) is 0 Å². The quantitative estimate of drug-likeness (QED) is 0.398. The number of hydrogen-bond acceptors (Lipinski definition) is 3. The van der Waals surface area contributed by atoms with Crippen molar-refractivity contribution in [1.82, 2.24) is 0 Å². The summed E-state index contributed by atoms with van der Waals surface area (Å²) in [4.78, 5) is 0. The maximum absolute atomic E-state index is 9.10. The first-order valence-corrected chi connectivity index (χ1v) is 3.34. The lowest BCUT2D eigenvalue weighted by Gasteiger charge is -2.28. The van der Waals surface area contributed by atoms with E-state index in [1.807, 2.05) is 0 Å². The van der Waals surface area contributed by atoms with Crippen molar-refractivity contribution in [2.45, 2.75) is 31.2 Å². The first kappa shape index (κ1) is 7.72. The maximum atomic E-state index is 9.10. The Morgan fingerprint density at radius 2 is 1.50 bits per heavy atom. The molecule has 1 rings (SSSR count). The average Bonchev–Trinajstić information content (AvgIpc) is 1.82. The molecule has 3 nitrogen and oxygen atoms in total. The first-order valence-electron chi connectivity index (χ1n) is 3.34. The van der Waals surface area contributed by atoms with Gasteiger partial charge in [0.15, 0.2) is 0 Å². The van der Waals surface area contributed by atoms with Gasteiger partial charge in [-0.3, -0.25) is 0 Å². The van der Waals surface area contributed by atoms with E-state index in [-0.39, 0.29) is 0 Å². The van der Waals surface area contributed by atoms with E-state index in [4.69, 9.17) is 15.3 Å². The highest BCUT2D eigenvalue weighted by Gasteiger charge is 2.27. The van der Waals surface area contributed by atoms with Crippen molar-refractivity contribution in [2.24, 2.45) is 0 Å². The second-order valence-electron chi connectivity index (χ2n) is 2.73. The van der Waals surface area contributed by atoms with E-state index in [1.165, 1.54) is 0 Å². The second kappa shape index (κ2) is 2.70. The Kier molecular flexibility index (Phi) is 2.08. The van der Waals surface area contributed by atoms with Crippen molar-refractivity contribution in [2.75, 3.05) is 0 Å². The zero-order valence-corrected chi connectivity index (χ0v) is 5.70. The van der Waals surface area contributed by atoms with Crippen molar-refractivity contribution >= 4 is 0 Å². The summed E-state index contributed by atoms with van der Waals surface area (Å²) in [6, 6.07) is 0. The van der Waals surface area contributed by atoms with Gasteiger partial charge >= 0.3 is 0 Å². The molecule has 0 aromatic heterocycles. The molecule has 0 unspecified atom stereocenters. The molecule has 0 spiro atoms. The summed E-state index contributed by atoms with van der Waals surface area (Å²) in [7, 11) is 0. The predicted molar refractivity (Wildman–Crippen MR) is 36.4 cm³/mol. The minimum Gasteiger partial charge on any atom is -0.393 e. The zero-order valence-electron chi connectivity index (χ0n) is 5.70. The van der Waals surface area contributed by atoms with Gasteiger partial charge in [0.25, 0.3) is 0 Å². The van der Waals surface area contributed by atoms with Gasteiger partial charge in [0.05, 0.1) is 18.3 Å². The fourth-order valence-electron chi connectivity index (χ4n) is 1.14. The van der Waals surface area contributed by atoms with Crippen LogP contribution < -0.4 is 0 Å². The predicted octanol–water partition coefficient (Wildman–Crippen LogP) is -0.581. The van der Waals surface area contributed by atoms with E-state index >= 15 is 0 Å². The van der Waals surface area contributed by atoms with Crippen LogP contribution in [0.15, 0.2) is 12.2 Å². The fraction of sp³-hybridized carbons (Fsp3) is 0.714. The van der Waals surface area contributed by atoms with Gasteiger partial charge in [-0.2, -0.15) is 0 Å². The van der Waals surface area contributed by atoms with E-state index in [0.29, 0.717) is 18.4 Å². The molecular weight excluding hydrogens is 132 g/mol. The first-order chi connectivity index (χ1) is 4.61. The van der Waals surface area contributed by atoms with Crippen molar-refractivity contribution in [3.8, 4) is 0 Å². The van der Waals surface area contributed by atoms with Crippen molar-refractivity contribution in [1.29, 1.82) is 0 Å². The Balaban J connectivity index is 2.57. The van der Waals surface area contributed by atoms with Crippen LogP contribution in [-0.2, 0) is 0 Å². The third-order valence-electron chi connectivity index (χ3n) is 1.85. The molecule has 0 aromatic rings. The molecule has 0 amide bonds. The highest BCUT2D eigenvalue weighted by atomic mass is 16.3. The van der Waals surface area contributed by atoms with Gasteiger partial charge in [0.2, 0.25) is 0 Å². The lowest BCUT2D eigenvalue weighted by Crippen LogP contribution is -2.34. The van der Waals surface area contributed by atoms with Crippen molar-refractivity contribution in [3.05, 3.63) is 12.2 Å². The summed E-state index contributed by atoms with van der Waals surface area (Å²) >= 11 is 0. The maximum Gasteiger partial charge on any atom is 0.0796 e. The SMILES string of the molecule is C=C1[C@H](O)CC(O)C[C@H]1O. The minimum atomic E-state index is -0.737. The Bertz CT molecular complexity index is 130. The van der Waals surface area contributed by atoms with Crippen LogP contribution in [0.3, 0.4) is 0 Å². The van der Waals surface area contributed by atoms with E-state index in [0.717, 1.165) is 0 Å². The van der Waals surface area contributed by atoms with Crippen LogP contribution in [0.4, 0.5) is 0 Å². The summed E-state index contributed by atoms with van der Waals surface area (Å²) in [5, 5.41) is 27.2. The summed E-state index contributed by atoms with van der Waals surface area (Å²) in [5.41, 5.74) is 0.422. The van der Waals surface area contributed by atoms with Crippen LogP contribution in [0, 0.1) is 0 Å². The standard InChI is InChI=1S/C7H12O3/c1-4-6(9)2-5(8)3-7(4)10/h5-10H,1-3H2/t6-,7-/m1/s1. The molecule has 0 heterocycles. The molecule has 58 valence electrons. The van der Waals surface area contributed by atoms with Crippen molar-refractivity contribution < 1.29 is 15.3 Å². The number of aliphatic hydroxyl groups excluding tert-OH is 3. The van der Waals surface area contributed by atoms with Crippen molar-refractivity contribution in [3.63, 3.8) is 0 Å². The summed E-state index contributed by atoms with van der Waals surface area (Å²) in [6.45, 7) is 3.50. The third-order valence-corrected chi connectivity index (χ3v) is 1.85. The summed E-state index contributed by atoms with van der Waals surface area (Å²) < 4.78 is 0. The zero-order chi connectivity index (χ0) is 7.72. The average molecular weight is 144 g/mol. The lowest BCUT2D eigenvalue weighted by atomic mass is 9.89. The highest BCUT2D eigenvalue weighted by Crippen LogP contribution is 2.22. The Hall–Kier alpha value is -0.380. The monoisotopic (exact) mass is 144 g/mol. The molecule has 1 aliphatic carbocycles. The highest BCUT2D eigenvalue weighted by molar-refractivity contribution is 5.12. The van der Waals surface area contributed by atoms with Gasteiger partial charge in [-0.1, -0.05) is 6.58 Å². The van der Waals surface area contributed by atoms with Crippen LogP contribution in [-0.4, -0.2) is 33.6 Å². The van der Waals surface area contributed by atoms with E-state index < -0.39 is 18.3 Å². The van der Waals surface area contributed by atoms with Gasteiger partial charge in [-0.25, -0.2) is 0 Å². The number of aliphatic hydroxyl groups is 3. The molecule has 1 saturated carbocycles. The summed E-state index contributed by atoms with van der Waals surface area (Å²) in [6.07, 6.45) is -1.46. The van der Waals surface area contributed by atoms with Gasteiger partial charge in [-0.15, -0.1) is 0 Å². The molecule has 0 saturated heterocycles. The molecule has 0 aromatic carbocycles. The Morgan fingerprint density at radius 3 is 1.90 bits per heavy atom. The molecule has 3 N–H and O–H groups in total. The van der Waals surface area contributed by atoms with Crippen LogP contribution in [0.5, 0.6) is 0 Å². The topological polar surface area (TPSA) is 60.7 Å². The van der Waals surface area contributed by atoms with E-state index in [9.17, 15) is 0 Å². The molecule has 1 aliphatic rings. The number of hydrogen-bond donors (Lipinski definition) is 3. The van der Waals surface area contributed by atoms with Crippen LogP contribution in [0.1, 0.15) is 12.8 Å². The lowest BCUT2D eigenvalue weighted by molar-refractivity contribution is 0.0173. The molecular formula is C7H12O3. The molecule has 0 bridgehead atoms. The van der Waals surface area contributed by atoms with Gasteiger partial charge in [-0.05, 0) is 5.57 Å². The van der Waals surface area contributed by atoms with Gasteiger partial charge in [0, 0.05) is 12.8 Å². The third kappa shape index (κ3) is 1.37. The molecule has 10 heavy (non-hydrogen) atoms. The Labute approximate surface area is 59.6 Å². The molecule has 0 aliphatic heterocycles. The van der Waals surface area contributed by atoms with E-state index in [2.05, 4.69) is 6.58 Å². The van der Waals surface area contributed by atoms with Crippen LogP contribution in [0.25, 0.3) is 0 Å². The largest absolute Gasteiger partial charge is 0.393 e. The van der Waals surface area contributed by atoms with Gasteiger partial charge < -0.3 is 15.3 Å². The smallest absolute Gasteiger partial charge is 0.0796 e. The Morgan fingerprint density at radius 1 is 1.10 bits per heavy atom.